The fourth-order valence-electron chi connectivity index (χ4n) is 3.57. The van der Waals surface area contributed by atoms with Crippen LogP contribution in [0.5, 0.6) is 11.5 Å². The molecule has 0 radical (unpaired) electrons. The molecule has 3 rings (SSSR count). The molecular weight excluding hydrogens is 290 g/mol. The molecule has 23 heavy (non-hydrogen) atoms. The molecule has 1 aliphatic carbocycles. The Morgan fingerprint density at radius 3 is 2.74 bits per heavy atom. The molecule has 2 aliphatic rings. The fourth-order valence-corrected chi connectivity index (χ4v) is 3.57. The Morgan fingerprint density at radius 1 is 1.26 bits per heavy atom. The molecule has 1 aliphatic heterocycles. The Bertz CT molecular complexity index is 661. The summed E-state index contributed by atoms with van der Waals surface area (Å²) in [5.74, 6) is 1.56. The second kappa shape index (κ2) is 5.91. The Morgan fingerprint density at radius 2 is 2.00 bits per heavy atom. The Balaban J connectivity index is 1.78. The molecule has 0 spiro atoms. The average molecular weight is 315 g/mol. The van der Waals surface area contributed by atoms with Gasteiger partial charge in [0.15, 0.2) is 11.5 Å². The first-order valence-corrected chi connectivity index (χ1v) is 8.24. The van der Waals surface area contributed by atoms with Crippen molar-refractivity contribution in [2.24, 2.45) is 5.41 Å². The third-order valence-electron chi connectivity index (χ3n) is 5.13. The molecule has 124 valence electrons. The predicted octanol–water partition coefficient (Wildman–Crippen LogP) is 4.29. The van der Waals surface area contributed by atoms with Crippen molar-refractivity contribution in [3.8, 4) is 11.5 Å². The third-order valence-corrected chi connectivity index (χ3v) is 5.13. The molecule has 0 unspecified atom stereocenters. The smallest absolute Gasteiger partial charge is 0.231 e. The van der Waals surface area contributed by atoms with Gasteiger partial charge in [-0.05, 0) is 43.7 Å². The number of rotatable bonds is 3. The summed E-state index contributed by atoms with van der Waals surface area (Å²) in [5, 5.41) is 0. The maximum Gasteiger partial charge on any atom is 0.231 e. The topological polar surface area (TPSA) is 38.8 Å². The van der Waals surface area contributed by atoms with E-state index in [-0.39, 0.29) is 18.1 Å². The van der Waals surface area contributed by atoms with E-state index in [4.69, 9.17) is 9.47 Å². The highest BCUT2D eigenvalue weighted by Gasteiger charge is 2.30. The van der Waals surface area contributed by atoms with E-state index in [2.05, 4.69) is 20.8 Å². The molecule has 1 aromatic carbocycles. The van der Waals surface area contributed by atoms with Crippen molar-refractivity contribution in [3.63, 3.8) is 0 Å². The number of hydrogen-bond donors (Lipinski definition) is 0. The average Bonchev–Trinajstić information content (AvgIpc) is 2.97. The van der Waals surface area contributed by atoms with Gasteiger partial charge in [-0.1, -0.05) is 25.0 Å². The first kappa shape index (κ1) is 15.9. The minimum atomic E-state index is 0.119. The van der Waals surface area contributed by atoms with Gasteiger partial charge in [-0.15, -0.1) is 0 Å². The second-order valence-electron chi connectivity index (χ2n) is 7.16. The summed E-state index contributed by atoms with van der Waals surface area (Å²) in [6.07, 6.45) is 3.97. The molecule has 1 amide bonds. The molecule has 0 bridgehead atoms. The highest BCUT2D eigenvalue weighted by atomic mass is 16.7. The normalized spacial score (nSPS) is 19.0. The van der Waals surface area contributed by atoms with Gasteiger partial charge in [-0.25, -0.2) is 0 Å². The molecule has 0 aromatic heterocycles. The van der Waals surface area contributed by atoms with Crippen molar-refractivity contribution in [1.82, 2.24) is 0 Å². The van der Waals surface area contributed by atoms with Crippen molar-refractivity contribution < 1.29 is 14.3 Å². The highest BCUT2D eigenvalue weighted by Crippen LogP contribution is 2.42. The van der Waals surface area contributed by atoms with Crippen LogP contribution in [0.15, 0.2) is 29.3 Å². The van der Waals surface area contributed by atoms with Crippen LogP contribution in [0.3, 0.4) is 0 Å². The van der Waals surface area contributed by atoms with Gasteiger partial charge in [-0.2, -0.15) is 0 Å². The van der Waals surface area contributed by atoms with E-state index in [1.165, 1.54) is 17.6 Å². The zero-order valence-electron chi connectivity index (χ0n) is 14.4. The van der Waals surface area contributed by atoms with Gasteiger partial charge in [0.25, 0.3) is 0 Å². The number of anilines is 1. The van der Waals surface area contributed by atoms with Crippen molar-refractivity contribution in [1.29, 1.82) is 0 Å². The maximum atomic E-state index is 12.8. The zero-order valence-corrected chi connectivity index (χ0v) is 14.4. The molecule has 0 N–H and O–H groups in total. The quantitative estimate of drug-likeness (QED) is 0.781. The van der Waals surface area contributed by atoms with E-state index in [9.17, 15) is 4.79 Å². The van der Waals surface area contributed by atoms with E-state index >= 15 is 0 Å². The SMILES string of the molecule is CC1=C(CC(=O)N(C)c2ccc3c(c2)OCO3)C(C)(C)CCC1. The lowest BCUT2D eigenvalue weighted by molar-refractivity contribution is -0.117. The largest absolute Gasteiger partial charge is 0.454 e. The van der Waals surface area contributed by atoms with Crippen LogP contribution in [0.4, 0.5) is 5.69 Å². The zero-order chi connectivity index (χ0) is 16.6. The molecule has 1 aromatic rings. The number of hydrogen-bond acceptors (Lipinski definition) is 3. The third kappa shape index (κ3) is 3.07. The summed E-state index contributed by atoms with van der Waals surface area (Å²) in [4.78, 5) is 14.5. The van der Waals surface area contributed by atoms with Crippen LogP contribution < -0.4 is 14.4 Å². The molecule has 0 atom stereocenters. The van der Waals surface area contributed by atoms with E-state index in [1.807, 2.05) is 25.2 Å². The minimum absolute atomic E-state index is 0.119. The first-order valence-electron chi connectivity index (χ1n) is 8.24. The number of ether oxygens (including phenoxy) is 2. The number of benzene rings is 1. The summed E-state index contributed by atoms with van der Waals surface area (Å²) in [5.41, 5.74) is 3.65. The summed E-state index contributed by atoms with van der Waals surface area (Å²) in [6, 6.07) is 5.63. The van der Waals surface area contributed by atoms with Crippen molar-refractivity contribution >= 4 is 11.6 Å². The van der Waals surface area contributed by atoms with Crippen LogP contribution in [0, 0.1) is 5.41 Å². The molecule has 0 saturated heterocycles. The summed E-state index contributed by atoms with van der Waals surface area (Å²) in [7, 11) is 1.82. The maximum absolute atomic E-state index is 12.8. The van der Waals surface area contributed by atoms with Gasteiger partial charge in [-0.3, -0.25) is 4.79 Å². The lowest BCUT2D eigenvalue weighted by atomic mass is 9.71. The Labute approximate surface area is 138 Å². The standard InChI is InChI=1S/C19H25NO3/c1-13-6-5-9-19(2,3)15(13)11-18(21)20(4)14-7-8-16-17(10-14)23-12-22-16/h7-8,10H,5-6,9,11-12H2,1-4H3. The molecule has 1 heterocycles. The predicted molar refractivity (Wildman–Crippen MR) is 90.9 cm³/mol. The molecule has 0 saturated carbocycles. The lowest BCUT2D eigenvalue weighted by Crippen LogP contribution is -2.30. The van der Waals surface area contributed by atoms with E-state index in [0.717, 1.165) is 24.3 Å². The number of carbonyl (C=O) groups is 1. The van der Waals surface area contributed by atoms with Gasteiger partial charge in [0.1, 0.15) is 0 Å². The van der Waals surface area contributed by atoms with Crippen molar-refractivity contribution in [2.45, 2.75) is 46.5 Å². The van der Waals surface area contributed by atoms with Crippen molar-refractivity contribution in [3.05, 3.63) is 29.3 Å². The summed E-state index contributed by atoms with van der Waals surface area (Å²) in [6.45, 7) is 6.92. The second-order valence-corrected chi connectivity index (χ2v) is 7.16. The van der Waals surface area contributed by atoms with Crippen LogP contribution in [0.25, 0.3) is 0 Å². The minimum Gasteiger partial charge on any atom is -0.454 e. The molecule has 4 heteroatoms. The van der Waals surface area contributed by atoms with Gasteiger partial charge >= 0.3 is 0 Å². The fraction of sp³-hybridized carbons (Fsp3) is 0.526. The van der Waals surface area contributed by atoms with E-state index in [1.54, 1.807) is 4.90 Å². The monoisotopic (exact) mass is 315 g/mol. The van der Waals surface area contributed by atoms with Crippen LogP contribution in [-0.4, -0.2) is 19.7 Å². The number of fused-ring (bicyclic) bond motifs is 1. The molecule has 4 nitrogen and oxygen atoms in total. The summed E-state index contributed by atoms with van der Waals surface area (Å²) >= 11 is 0. The molecular formula is C19H25NO3. The Hall–Kier alpha value is -1.97. The molecule has 0 fully saturated rings. The van der Waals surface area contributed by atoms with Gasteiger partial charge < -0.3 is 14.4 Å². The van der Waals surface area contributed by atoms with Crippen LogP contribution in [-0.2, 0) is 4.79 Å². The number of nitrogens with zero attached hydrogens (tertiary/aromatic N) is 1. The number of carbonyl (C=O) groups excluding carboxylic acids is 1. The summed E-state index contributed by atoms with van der Waals surface area (Å²) < 4.78 is 10.7. The van der Waals surface area contributed by atoms with Gasteiger partial charge in [0.2, 0.25) is 12.7 Å². The van der Waals surface area contributed by atoms with Crippen LogP contribution in [0.1, 0.15) is 46.5 Å². The van der Waals surface area contributed by atoms with Gasteiger partial charge in [0.05, 0.1) is 0 Å². The Kier molecular flexibility index (Phi) is 4.09. The number of amides is 1. The first-order chi connectivity index (χ1) is 10.9. The van der Waals surface area contributed by atoms with Crippen LogP contribution in [0.2, 0.25) is 0 Å². The van der Waals surface area contributed by atoms with Crippen LogP contribution >= 0.6 is 0 Å². The lowest BCUT2D eigenvalue weighted by Gasteiger charge is -2.35. The van der Waals surface area contributed by atoms with E-state index < -0.39 is 0 Å². The highest BCUT2D eigenvalue weighted by molar-refractivity contribution is 5.94. The number of allylic oxidation sites excluding steroid dienone is 1. The van der Waals surface area contributed by atoms with Gasteiger partial charge in [0, 0.05) is 25.2 Å². The van der Waals surface area contributed by atoms with E-state index in [0.29, 0.717) is 12.2 Å². The van der Waals surface area contributed by atoms with Crippen molar-refractivity contribution in [2.75, 3.05) is 18.7 Å².